The molecule has 0 N–H and O–H groups in total. The van der Waals surface area contributed by atoms with Crippen LogP contribution >= 0.6 is 15.9 Å². The van der Waals surface area contributed by atoms with Gasteiger partial charge >= 0.3 is 0 Å². The van der Waals surface area contributed by atoms with Gasteiger partial charge in [-0.05, 0) is 37.3 Å². The lowest BCUT2D eigenvalue weighted by molar-refractivity contribution is 0.425. The third kappa shape index (κ3) is 3.78. The van der Waals surface area contributed by atoms with E-state index in [1.165, 1.54) is 0 Å². The summed E-state index contributed by atoms with van der Waals surface area (Å²) in [6.45, 7) is 5.94. The van der Waals surface area contributed by atoms with Gasteiger partial charge in [-0.25, -0.2) is 8.78 Å². The molecule has 0 nitrogen and oxygen atoms in total. The third-order valence-corrected chi connectivity index (χ3v) is 4.55. The van der Waals surface area contributed by atoms with Crippen molar-refractivity contribution in [3.63, 3.8) is 0 Å². The first-order chi connectivity index (χ1) is 8.51. The van der Waals surface area contributed by atoms with Crippen molar-refractivity contribution >= 4 is 15.9 Å². The quantitative estimate of drug-likeness (QED) is 0.570. The summed E-state index contributed by atoms with van der Waals surface area (Å²) in [5, 5.41) is 0. The van der Waals surface area contributed by atoms with Crippen LogP contribution in [0.1, 0.15) is 55.5 Å². The van der Waals surface area contributed by atoms with Crippen molar-refractivity contribution in [2.24, 2.45) is 5.92 Å². The lowest BCUT2D eigenvalue weighted by atomic mass is 9.90. The Labute approximate surface area is 117 Å². The van der Waals surface area contributed by atoms with Crippen molar-refractivity contribution in [1.82, 2.24) is 0 Å². The van der Waals surface area contributed by atoms with Gasteiger partial charge in [0.25, 0.3) is 0 Å². The van der Waals surface area contributed by atoms with Gasteiger partial charge in [0, 0.05) is 16.5 Å². The van der Waals surface area contributed by atoms with E-state index in [4.69, 9.17) is 0 Å². The maximum atomic E-state index is 13.9. The topological polar surface area (TPSA) is 0 Å². The highest BCUT2D eigenvalue weighted by atomic mass is 79.9. The van der Waals surface area contributed by atoms with Crippen molar-refractivity contribution in [1.29, 1.82) is 0 Å². The fourth-order valence-corrected chi connectivity index (χ4v) is 3.20. The smallest absolute Gasteiger partial charge is 0.130 e. The van der Waals surface area contributed by atoms with Crippen LogP contribution in [0.5, 0.6) is 0 Å². The third-order valence-electron chi connectivity index (χ3n) is 3.31. The van der Waals surface area contributed by atoms with Crippen LogP contribution in [0.2, 0.25) is 0 Å². The summed E-state index contributed by atoms with van der Waals surface area (Å²) in [7, 11) is 0. The van der Waals surface area contributed by atoms with Crippen LogP contribution in [0.25, 0.3) is 0 Å². The molecule has 0 heterocycles. The molecule has 0 aliphatic carbocycles. The van der Waals surface area contributed by atoms with Crippen LogP contribution < -0.4 is 0 Å². The fraction of sp³-hybridized carbons (Fsp3) is 0.600. The molecule has 1 aromatic carbocycles. The summed E-state index contributed by atoms with van der Waals surface area (Å²) in [6.07, 6.45) is 4.27. The highest BCUT2D eigenvalue weighted by Crippen LogP contribution is 2.38. The van der Waals surface area contributed by atoms with Crippen molar-refractivity contribution in [3.05, 3.63) is 34.9 Å². The average Bonchev–Trinajstić information content (AvgIpc) is 2.33. The Kier molecular flexibility index (Phi) is 6.27. The zero-order valence-corrected chi connectivity index (χ0v) is 12.9. The molecule has 18 heavy (non-hydrogen) atoms. The molecule has 0 aliphatic rings. The molecule has 0 spiro atoms. The summed E-state index contributed by atoms with van der Waals surface area (Å²) in [5.74, 6) is -0.518. The summed E-state index contributed by atoms with van der Waals surface area (Å²) in [6, 6.07) is 2.62. The molecular weight excluding hydrogens is 298 g/mol. The van der Waals surface area contributed by atoms with Crippen LogP contribution in [-0.4, -0.2) is 0 Å². The second-order valence-electron chi connectivity index (χ2n) is 4.86. The minimum Gasteiger partial charge on any atom is -0.207 e. The molecule has 1 rings (SSSR count). The normalized spacial score (nSPS) is 13.1. The number of hydrogen-bond donors (Lipinski definition) is 0. The maximum absolute atomic E-state index is 13.9. The van der Waals surface area contributed by atoms with Crippen LogP contribution in [0.3, 0.4) is 0 Å². The predicted molar refractivity (Wildman–Crippen MR) is 76.1 cm³/mol. The van der Waals surface area contributed by atoms with E-state index < -0.39 is 11.6 Å². The zero-order valence-electron chi connectivity index (χ0n) is 11.3. The summed E-state index contributed by atoms with van der Waals surface area (Å²) in [5.41, 5.74) is 1.09. The largest absolute Gasteiger partial charge is 0.207 e. The second kappa shape index (κ2) is 7.22. The number of hydrogen-bond acceptors (Lipinski definition) is 0. The van der Waals surface area contributed by atoms with Crippen LogP contribution in [-0.2, 0) is 0 Å². The Bertz CT molecular complexity index is 384. The molecular formula is C15H21BrF2. The summed E-state index contributed by atoms with van der Waals surface area (Å²) >= 11 is 3.60. The van der Waals surface area contributed by atoms with Gasteiger partial charge in [0.15, 0.2) is 0 Å². The number of benzene rings is 1. The predicted octanol–water partition coefficient (Wildman–Crippen LogP) is 5.93. The van der Waals surface area contributed by atoms with Gasteiger partial charge in [-0.2, -0.15) is 0 Å². The van der Waals surface area contributed by atoms with E-state index in [1.54, 1.807) is 13.0 Å². The standard InChI is InChI=1S/C15H21BrF2/c1-4-6-11(7-5-2)15(16)12-8-10(3)13(17)9-14(12)18/h8-9,11,15H,4-7H2,1-3H3. The van der Waals surface area contributed by atoms with Gasteiger partial charge < -0.3 is 0 Å². The van der Waals surface area contributed by atoms with Crippen LogP contribution in [0.4, 0.5) is 8.78 Å². The van der Waals surface area contributed by atoms with E-state index in [0.29, 0.717) is 17.0 Å². The summed E-state index contributed by atoms with van der Waals surface area (Å²) < 4.78 is 27.1. The van der Waals surface area contributed by atoms with E-state index in [1.807, 2.05) is 0 Å². The van der Waals surface area contributed by atoms with E-state index in [-0.39, 0.29) is 4.83 Å². The first-order valence-corrected chi connectivity index (χ1v) is 7.52. The average molecular weight is 319 g/mol. The molecule has 0 radical (unpaired) electrons. The number of aryl methyl sites for hydroxylation is 1. The Hall–Kier alpha value is -0.440. The van der Waals surface area contributed by atoms with Crippen LogP contribution in [0.15, 0.2) is 12.1 Å². The molecule has 0 amide bonds. The van der Waals surface area contributed by atoms with E-state index in [2.05, 4.69) is 29.8 Å². The Morgan fingerprint density at radius 1 is 1.06 bits per heavy atom. The number of rotatable bonds is 6. The Balaban J connectivity index is 3.00. The molecule has 1 aromatic rings. The van der Waals surface area contributed by atoms with Crippen LogP contribution in [0, 0.1) is 24.5 Å². The Morgan fingerprint density at radius 3 is 2.11 bits per heavy atom. The zero-order chi connectivity index (χ0) is 13.7. The molecule has 0 saturated heterocycles. The molecule has 0 aliphatic heterocycles. The highest BCUT2D eigenvalue weighted by molar-refractivity contribution is 9.09. The molecule has 1 atom stereocenters. The fourth-order valence-electron chi connectivity index (χ4n) is 2.32. The molecule has 0 saturated carbocycles. The minimum absolute atomic E-state index is 0.0308. The molecule has 102 valence electrons. The van der Waals surface area contributed by atoms with Gasteiger partial charge in [-0.1, -0.05) is 42.6 Å². The van der Waals surface area contributed by atoms with Gasteiger partial charge in [0.2, 0.25) is 0 Å². The van der Waals surface area contributed by atoms with E-state index in [9.17, 15) is 8.78 Å². The number of halogens is 3. The van der Waals surface area contributed by atoms with E-state index in [0.717, 1.165) is 31.7 Å². The molecule has 1 unspecified atom stereocenters. The number of alkyl halides is 1. The first kappa shape index (κ1) is 15.6. The van der Waals surface area contributed by atoms with Crippen molar-refractivity contribution in [3.8, 4) is 0 Å². The van der Waals surface area contributed by atoms with E-state index >= 15 is 0 Å². The minimum atomic E-state index is -0.474. The Morgan fingerprint density at radius 2 is 1.61 bits per heavy atom. The SMILES string of the molecule is CCCC(CCC)C(Br)c1cc(C)c(F)cc1F. The maximum Gasteiger partial charge on any atom is 0.130 e. The lowest BCUT2D eigenvalue weighted by Crippen LogP contribution is -2.10. The lowest BCUT2D eigenvalue weighted by Gasteiger charge is -2.23. The monoisotopic (exact) mass is 318 g/mol. The molecule has 0 bridgehead atoms. The van der Waals surface area contributed by atoms with Crippen molar-refractivity contribution < 1.29 is 8.78 Å². The van der Waals surface area contributed by atoms with Gasteiger partial charge in [0.1, 0.15) is 11.6 Å². The van der Waals surface area contributed by atoms with Crippen molar-refractivity contribution in [2.45, 2.75) is 51.3 Å². The first-order valence-electron chi connectivity index (χ1n) is 6.60. The molecule has 0 fully saturated rings. The van der Waals surface area contributed by atoms with Gasteiger partial charge in [0.05, 0.1) is 0 Å². The second-order valence-corrected chi connectivity index (χ2v) is 5.85. The van der Waals surface area contributed by atoms with Gasteiger partial charge in [-0.15, -0.1) is 0 Å². The molecule has 3 heteroatoms. The van der Waals surface area contributed by atoms with Gasteiger partial charge in [-0.3, -0.25) is 0 Å². The molecule has 0 aromatic heterocycles. The van der Waals surface area contributed by atoms with Crippen molar-refractivity contribution in [2.75, 3.05) is 0 Å². The summed E-state index contributed by atoms with van der Waals surface area (Å²) in [4.78, 5) is -0.0308. The highest BCUT2D eigenvalue weighted by Gasteiger charge is 2.23.